The predicted molar refractivity (Wildman–Crippen MR) is 77.8 cm³/mol. The number of nitrogens with one attached hydrogen (secondary N) is 1. The highest BCUT2D eigenvalue weighted by Crippen LogP contribution is 2.22. The maximum atomic E-state index is 11.8. The summed E-state index contributed by atoms with van der Waals surface area (Å²) in [5, 5.41) is 3.68. The number of hydrogen-bond donors (Lipinski definition) is 1. The van der Waals surface area contributed by atoms with Gasteiger partial charge in [0.1, 0.15) is 5.82 Å². The lowest BCUT2D eigenvalue weighted by molar-refractivity contribution is 0.104. The number of hydrogen-bond acceptors (Lipinski definition) is 3. The van der Waals surface area contributed by atoms with Gasteiger partial charge in [-0.1, -0.05) is 29.3 Å². The molecule has 0 saturated carbocycles. The third kappa shape index (κ3) is 3.81. The van der Waals surface area contributed by atoms with Crippen molar-refractivity contribution >= 4 is 34.8 Å². The summed E-state index contributed by atoms with van der Waals surface area (Å²) in [7, 11) is 0. The summed E-state index contributed by atoms with van der Waals surface area (Å²) in [4.78, 5) is 15.9. The SMILES string of the molecule is O=C(/C=C\Nc1ccccn1)c1ccc(Cl)c(Cl)c1. The van der Waals surface area contributed by atoms with Crippen LogP contribution >= 0.6 is 23.2 Å². The molecule has 96 valence electrons. The minimum absolute atomic E-state index is 0.165. The molecule has 1 heterocycles. The van der Waals surface area contributed by atoms with Crippen molar-refractivity contribution in [1.29, 1.82) is 0 Å². The first kappa shape index (κ1) is 13.6. The Morgan fingerprint density at radius 1 is 1.16 bits per heavy atom. The van der Waals surface area contributed by atoms with Crippen molar-refractivity contribution in [2.75, 3.05) is 5.32 Å². The third-order valence-corrected chi connectivity index (χ3v) is 3.07. The van der Waals surface area contributed by atoms with Crippen molar-refractivity contribution < 1.29 is 4.79 Å². The van der Waals surface area contributed by atoms with Crippen LogP contribution in [0.5, 0.6) is 0 Å². The molecule has 0 aliphatic carbocycles. The summed E-state index contributed by atoms with van der Waals surface area (Å²) < 4.78 is 0. The molecule has 2 aromatic rings. The molecule has 0 amide bonds. The highest BCUT2D eigenvalue weighted by Gasteiger charge is 2.04. The number of rotatable bonds is 4. The Morgan fingerprint density at radius 2 is 2.00 bits per heavy atom. The Bertz CT molecular complexity index is 612. The predicted octanol–water partition coefficient (Wildman–Crippen LogP) is 4.20. The first-order chi connectivity index (χ1) is 9.16. The van der Waals surface area contributed by atoms with Gasteiger partial charge in [0.2, 0.25) is 0 Å². The average Bonchev–Trinajstić information content (AvgIpc) is 2.43. The lowest BCUT2D eigenvalue weighted by Crippen LogP contribution is -1.97. The molecular formula is C14H10Cl2N2O. The second kappa shape index (κ2) is 6.36. The summed E-state index contributed by atoms with van der Waals surface area (Å²) >= 11 is 11.6. The lowest BCUT2D eigenvalue weighted by atomic mass is 10.1. The molecular weight excluding hydrogens is 283 g/mol. The molecule has 3 nitrogen and oxygen atoms in total. The molecule has 0 aliphatic rings. The van der Waals surface area contributed by atoms with Gasteiger partial charge in [0.25, 0.3) is 0 Å². The number of allylic oxidation sites excluding steroid dienone is 1. The number of pyridine rings is 1. The smallest absolute Gasteiger partial charge is 0.187 e. The first-order valence-corrected chi connectivity index (χ1v) is 6.26. The van der Waals surface area contributed by atoms with E-state index in [1.807, 2.05) is 12.1 Å². The molecule has 19 heavy (non-hydrogen) atoms. The van der Waals surface area contributed by atoms with Crippen LogP contribution in [-0.4, -0.2) is 10.8 Å². The summed E-state index contributed by atoms with van der Waals surface area (Å²) in [6.45, 7) is 0. The molecule has 5 heteroatoms. The summed E-state index contributed by atoms with van der Waals surface area (Å²) in [6.07, 6.45) is 4.61. The fraction of sp³-hybridized carbons (Fsp3) is 0. The number of aromatic nitrogens is 1. The Morgan fingerprint density at radius 3 is 2.68 bits per heavy atom. The van der Waals surface area contributed by atoms with Gasteiger partial charge >= 0.3 is 0 Å². The monoisotopic (exact) mass is 292 g/mol. The van der Waals surface area contributed by atoms with E-state index in [4.69, 9.17) is 23.2 Å². The molecule has 0 spiro atoms. The molecule has 0 bridgehead atoms. The van der Waals surface area contributed by atoms with Gasteiger partial charge in [-0.25, -0.2) is 4.98 Å². The molecule has 0 unspecified atom stereocenters. The van der Waals surface area contributed by atoms with Crippen molar-refractivity contribution in [2.45, 2.75) is 0 Å². The van der Waals surface area contributed by atoms with Crippen molar-refractivity contribution in [1.82, 2.24) is 4.98 Å². The summed E-state index contributed by atoms with van der Waals surface area (Å²) in [5.74, 6) is 0.502. The molecule has 0 atom stereocenters. The van der Waals surface area contributed by atoms with Crippen molar-refractivity contribution in [3.63, 3.8) is 0 Å². The van der Waals surface area contributed by atoms with Gasteiger partial charge < -0.3 is 5.32 Å². The average molecular weight is 293 g/mol. The Kier molecular flexibility index (Phi) is 4.55. The van der Waals surface area contributed by atoms with Crippen LogP contribution in [0.4, 0.5) is 5.82 Å². The van der Waals surface area contributed by atoms with Gasteiger partial charge in [-0.3, -0.25) is 4.79 Å². The largest absolute Gasteiger partial charge is 0.347 e. The number of carbonyl (C=O) groups is 1. The molecule has 1 aromatic carbocycles. The van der Waals surface area contributed by atoms with Crippen LogP contribution in [0, 0.1) is 0 Å². The minimum Gasteiger partial charge on any atom is -0.347 e. The zero-order valence-corrected chi connectivity index (χ0v) is 11.3. The molecule has 0 aliphatic heterocycles. The number of benzene rings is 1. The zero-order chi connectivity index (χ0) is 13.7. The fourth-order valence-electron chi connectivity index (χ4n) is 1.40. The van der Waals surface area contributed by atoms with E-state index in [0.29, 0.717) is 21.4 Å². The number of anilines is 1. The summed E-state index contributed by atoms with van der Waals surface area (Å²) in [6, 6.07) is 10.2. The zero-order valence-electron chi connectivity index (χ0n) is 9.81. The second-order valence-electron chi connectivity index (χ2n) is 3.69. The van der Waals surface area contributed by atoms with E-state index in [0.717, 1.165) is 0 Å². The van der Waals surface area contributed by atoms with Crippen LogP contribution in [-0.2, 0) is 0 Å². The topological polar surface area (TPSA) is 42.0 Å². The molecule has 1 N–H and O–H groups in total. The normalized spacial score (nSPS) is 10.6. The van der Waals surface area contributed by atoms with E-state index in [-0.39, 0.29) is 5.78 Å². The second-order valence-corrected chi connectivity index (χ2v) is 4.50. The number of carbonyl (C=O) groups excluding carboxylic acids is 1. The van der Waals surface area contributed by atoms with Crippen LogP contribution < -0.4 is 5.32 Å². The van der Waals surface area contributed by atoms with Crippen molar-refractivity contribution in [3.8, 4) is 0 Å². The molecule has 0 radical (unpaired) electrons. The van der Waals surface area contributed by atoms with E-state index in [1.165, 1.54) is 18.3 Å². The fourth-order valence-corrected chi connectivity index (χ4v) is 1.69. The highest BCUT2D eigenvalue weighted by molar-refractivity contribution is 6.42. The van der Waals surface area contributed by atoms with Gasteiger partial charge in [-0.05, 0) is 30.3 Å². The Balaban J connectivity index is 2.02. The van der Waals surface area contributed by atoms with Crippen LogP contribution in [0.2, 0.25) is 10.0 Å². The van der Waals surface area contributed by atoms with Crippen LogP contribution in [0.3, 0.4) is 0 Å². The van der Waals surface area contributed by atoms with Crippen molar-refractivity contribution in [2.24, 2.45) is 0 Å². The van der Waals surface area contributed by atoms with Crippen LogP contribution in [0.1, 0.15) is 10.4 Å². The van der Waals surface area contributed by atoms with E-state index in [9.17, 15) is 4.79 Å². The summed E-state index contributed by atoms with van der Waals surface area (Å²) in [5.41, 5.74) is 0.480. The first-order valence-electron chi connectivity index (χ1n) is 5.50. The maximum Gasteiger partial charge on any atom is 0.187 e. The van der Waals surface area contributed by atoms with Gasteiger partial charge in [0.05, 0.1) is 10.0 Å². The van der Waals surface area contributed by atoms with E-state index < -0.39 is 0 Å². The standard InChI is InChI=1S/C14H10Cl2N2O/c15-11-5-4-10(9-12(11)16)13(19)6-8-18-14-3-1-2-7-17-14/h1-9H,(H,17,18)/b8-6-. The van der Waals surface area contributed by atoms with Crippen LogP contribution in [0.25, 0.3) is 0 Å². The number of ketones is 1. The van der Waals surface area contributed by atoms with Gasteiger partial charge in [0.15, 0.2) is 5.78 Å². The minimum atomic E-state index is -0.165. The quantitative estimate of drug-likeness (QED) is 0.678. The third-order valence-electron chi connectivity index (χ3n) is 2.33. The van der Waals surface area contributed by atoms with Crippen LogP contribution in [0.15, 0.2) is 54.9 Å². The number of halogens is 2. The molecule has 0 saturated heterocycles. The van der Waals surface area contributed by atoms with E-state index in [2.05, 4.69) is 10.3 Å². The van der Waals surface area contributed by atoms with Gasteiger partial charge in [-0.15, -0.1) is 0 Å². The van der Waals surface area contributed by atoms with E-state index >= 15 is 0 Å². The number of nitrogens with zero attached hydrogens (tertiary/aromatic N) is 1. The Labute approximate surface area is 120 Å². The van der Waals surface area contributed by atoms with Gasteiger partial charge in [0, 0.05) is 24.0 Å². The Hall–Kier alpha value is -1.84. The highest BCUT2D eigenvalue weighted by atomic mass is 35.5. The molecule has 1 aromatic heterocycles. The molecule has 2 rings (SSSR count). The molecule has 0 fully saturated rings. The maximum absolute atomic E-state index is 11.8. The van der Waals surface area contributed by atoms with Crippen molar-refractivity contribution in [3.05, 3.63) is 70.5 Å². The lowest BCUT2D eigenvalue weighted by Gasteiger charge is -2.00. The van der Waals surface area contributed by atoms with E-state index in [1.54, 1.807) is 24.4 Å². The van der Waals surface area contributed by atoms with Gasteiger partial charge in [-0.2, -0.15) is 0 Å².